The van der Waals surface area contributed by atoms with Gasteiger partial charge < -0.3 is 14.8 Å². The molecule has 0 aliphatic carbocycles. The first-order chi connectivity index (χ1) is 10.2. The van der Waals surface area contributed by atoms with Crippen molar-refractivity contribution in [1.82, 2.24) is 5.32 Å². The Kier molecular flexibility index (Phi) is 6.76. The van der Waals surface area contributed by atoms with Gasteiger partial charge in [-0.3, -0.25) is 0 Å². The Labute approximate surface area is 143 Å². The molecule has 0 saturated carbocycles. The Balaban J connectivity index is 2.11. The Morgan fingerprint density at radius 1 is 1.19 bits per heavy atom. The molecule has 0 spiro atoms. The second kappa shape index (κ2) is 8.58. The van der Waals surface area contributed by atoms with E-state index in [1.807, 2.05) is 42.5 Å². The maximum absolute atomic E-state index is 6.08. The minimum atomic E-state index is 0.663. The minimum absolute atomic E-state index is 0.663. The lowest BCUT2D eigenvalue weighted by Crippen LogP contribution is -2.18. The molecule has 0 aromatic heterocycles. The van der Waals surface area contributed by atoms with E-state index in [-0.39, 0.29) is 0 Å². The number of benzene rings is 2. The number of hydrogen-bond acceptors (Lipinski definition) is 3. The van der Waals surface area contributed by atoms with Gasteiger partial charge in [0.25, 0.3) is 0 Å². The molecule has 2 aromatic rings. The summed E-state index contributed by atoms with van der Waals surface area (Å²) < 4.78 is 12.1. The summed E-state index contributed by atoms with van der Waals surface area (Å²) >= 11 is 8.34. The summed E-state index contributed by atoms with van der Waals surface area (Å²) in [7, 11) is 1.69. The first kappa shape index (κ1) is 16.5. The molecule has 1 N–H and O–H groups in total. The van der Waals surface area contributed by atoms with Crippen LogP contribution in [-0.2, 0) is 11.3 Å². The number of halogens is 2. The molecule has 0 unspecified atom stereocenters. The van der Waals surface area contributed by atoms with Gasteiger partial charge in [0.1, 0.15) is 11.5 Å². The van der Waals surface area contributed by atoms with E-state index < -0.39 is 0 Å². The third-order valence-corrected chi connectivity index (χ3v) is 3.76. The normalized spacial score (nSPS) is 10.6. The van der Waals surface area contributed by atoms with Crippen LogP contribution in [0, 0.1) is 3.57 Å². The van der Waals surface area contributed by atoms with Crippen LogP contribution < -0.4 is 10.1 Å². The summed E-state index contributed by atoms with van der Waals surface area (Å²) in [5, 5.41) is 3.97. The van der Waals surface area contributed by atoms with E-state index in [4.69, 9.17) is 21.1 Å². The summed E-state index contributed by atoms with van der Waals surface area (Å²) in [5.74, 6) is 1.58. The van der Waals surface area contributed by atoms with Gasteiger partial charge in [0.05, 0.1) is 6.61 Å². The average Bonchev–Trinajstić information content (AvgIpc) is 2.45. The van der Waals surface area contributed by atoms with Gasteiger partial charge >= 0.3 is 0 Å². The maximum Gasteiger partial charge on any atom is 0.133 e. The standard InChI is InChI=1S/C16H17ClINO2/c1-20-8-7-19-11-12-5-6-13(17)9-16(12)21-15-4-2-3-14(18)10-15/h2-6,9-10,19H,7-8,11H2,1H3. The largest absolute Gasteiger partial charge is 0.457 e. The molecular formula is C16H17ClINO2. The third kappa shape index (κ3) is 5.47. The molecule has 0 aliphatic heterocycles. The lowest BCUT2D eigenvalue weighted by atomic mass is 10.2. The van der Waals surface area contributed by atoms with E-state index in [2.05, 4.69) is 27.9 Å². The van der Waals surface area contributed by atoms with Gasteiger partial charge in [-0.2, -0.15) is 0 Å². The highest BCUT2D eigenvalue weighted by atomic mass is 127. The van der Waals surface area contributed by atoms with Gasteiger partial charge in [0.15, 0.2) is 0 Å². The van der Waals surface area contributed by atoms with Crippen LogP contribution in [0.1, 0.15) is 5.56 Å². The second-order valence-corrected chi connectivity index (χ2v) is 6.16. The fourth-order valence-corrected chi connectivity index (χ4v) is 2.50. The van der Waals surface area contributed by atoms with Gasteiger partial charge in [-0.1, -0.05) is 23.7 Å². The zero-order valence-corrected chi connectivity index (χ0v) is 14.6. The van der Waals surface area contributed by atoms with Gasteiger partial charge in [0.2, 0.25) is 0 Å². The quantitative estimate of drug-likeness (QED) is 0.532. The fraction of sp³-hybridized carbons (Fsp3) is 0.250. The Morgan fingerprint density at radius 3 is 2.81 bits per heavy atom. The summed E-state index contributed by atoms with van der Waals surface area (Å²) in [6.07, 6.45) is 0. The predicted octanol–water partition coefficient (Wildman–Crippen LogP) is 4.47. The topological polar surface area (TPSA) is 30.5 Å². The predicted molar refractivity (Wildman–Crippen MR) is 94.3 cm³/mol. The molecule has 3 nitrogen and oxygen atoms in total. The fourth-order valence-electron chi connectivity index (χ4n) is 1.82. The molecule has 0 atom stereocenters. The van der Waals surface area contributed by atoms with Gasteiger partial charge in [0, 0.05) is 34.4 Å². The van der Waals surface area contributed by atoms with E-state index in [1.165, 1.54) is 0 Å². The zero-order valence-electron chi connectivity index (χ0n) is 11.7. The van der Waals surface area contributed by atoms with E-state index in [1.54, 1.807) is 7.11 Å². The molecule has 0 heterocycles. The highest BCUT2D eigenvalue weighted by Crippen LogP contribution is 2.29. The lowest BCUT2D eigenvalue weighted by Gasteiger charge is -2.12. The third-order valence-electron chi connectivity index (χ3n) is 2.85. The molecule has 112 valence electrons. The smallest absolute Gasteiger partial charge is 0.133 e. The van der Waals surface area contributed by atoms with Crippen LogP contribution in [0.5, 0.6) is 11.5 Å². The number of nitrogens with one attached hydrogen (secondary N) is 1. The average molecular weight is 418 g/mol. The van der Waals surface area contributed by atoms with Gasteiger partial charge in [-0.05, 0) is 52.9 Å². The first-order valence-electron chi connectivity index (χ1n) is 6.60. The molecule has 2 aromatic carbocycles. The summed E-state index contributed by atoms with van der Waals surface area (Å²) in [5.41, 5.74) is 1.06. The number of rotatable bonds is 7. The van der Waals surface area contributed by atoms with Crippen LogP contribution in [0.4, 0.5) is 0 Å². The van der Waals surface area contributed by atoms with Crippen LogP contribution in [-0.4, -0.2) is 20.3 Å². The van der Waals surface area contributed by atoms with E-state index >= 15 is 0 Å². The number of methoxy groups -OCH3 is 1. The Morgan fingerprint density at radius 2 is 2.05 bits per heavy atom. The number of hydrogen-bond donors (Lipinski definition) is 1. The molecule has 0 amide bonds. The monoisotopic (exact) mass is 417 g/mol. The van der Waals surface area contributed by atoms with Crippen LogP contribution in [0.3, 0.4) is 0 Å². The molecule has 0 bridgehead atoms. The van der Waals surface area contributed by atoms with E-state index in [9.17, 15) is 0 Å². The van der Waals surface area contributed by atoms with Crippen molar-refractivity contribution >= 4 is 34.2 Å². The van der Waals surface area contributed by atoms with Crippen molar-refractivity contribution in [3.8, 4) is 11.5 Å². The van der Waals surface area contributed by atoms with Crippen molar-refractivity contribution in [2.75, 3.05) is 20.3 Å². The van der Waals surface area contributed by atoms with Gasteiger partial charge in [-0.15, -0.1) is 0 Å². The van der Waals surface area contributed by atoms with E-state index in [0.29, 0.717) is 18.2 Å². The molecule has 0 aliphatic rings. The number of ether oxygens (including phenoxy) is 2. The van der Waals surface area contributed by atoms with Crippen LogP contribution in [0.2, 0.25) is 5.02 Å². The highest BCUT2D eigenvalue weighted by molar-refractivity contribution is 14.1. The van der Waals surface area contributed by atoms with Crippen LogP contribution in [0.25, 0.3) is 0 Å². The van der Waals surface area contributed by atoms with Crippen LogP contribution in [0.15, 0.2) is 42.5 Å². The molecule has 21 heavy (non-hydrogen) atoms. The highest BCUT2D eigenvalue weighted by Gasteiger charge is 2.06. The minimum Gasteiger partial charge on any atom is -0.457 e. The second-order valence-electron chi connectivity index (χ2n) is 4.48. The Bertz CT molecular complexity index is 592. The molecule has 2 rings (SSSR count). The van der Waals surface area contributed by atoms with Crippen molar-refractivity contribution in [3.63, 3.8) is 0 Å². The first-order valence-corrected chi connectivity index (χ1v) is 8.06. The van der Waals surface area contributed by atoms with Gasteiger partial charge in [-0.25, -0.2) is 0 Å². The molecule has 0 radical (unpaired) electrons. The summed E-state index contributed by atoms with van der Waals surface area (Å²) in [6, 6.07) is 13.6. The summed E-state index contributed by atoms with van der Waals surface area (Å²) in [6.45, 7) is 2.18. The van der Waals surface area contributed by atoms with Crippen molar-refractivity contribution in [2.24, 2.45) is 0 Å². The van der Waals surface area contributed by atoms with Crippen molar-refractivity contribution in [3.05, 3.63) is 56.6 Å². The zero-order chi connectivity index (χ0) is 15.1. The van der Waals surface area contributed by atoms with Crippen LogP contribution >= 0.6 is 34.2 Å². The molecule has 0 fully saturated rings. The lowest BCUT2D eigenvalue weighted by molar-refractivity contribution is 0.199. The van der Waals surface area contributed by atoms with Crippen molar-refractivity contribution in [1.29, 1.82) is 0 Å². The molecule has 0 saturated heterocycles. The van der Waals surface area contributed by atoms with Crippen molar-refractivity contribution < 1.29 is 9.47 Å². The SMILES string of the molecule is COCCNCc1ccc(Cl)cc1Oc1cccc(I)c1. The van der Waals surface area contributed by atoms with Crippen molar-refractivity contribution in [2.45, 2.75) is 6.54 Å². The molecule has 5 heteroatoms. The Hall–Kier alpha value is -0.820. The van der Waals surface area contributed by atoms with E-state index in [0.717, 1.165) is 27.2 Å². The summed E-state index contributed by atoms with van der Waals surface area (Å²) in [4.78, 5) is 0. The molecular weight excluding hydrogens is 401 g/mol. The maximum atomic E-state index is 6.08.